The van der Waals surface area contributed by atoms with Gasteiger partial charge in [-0.05, 0) is 55.7 Å². The number of hydrogen-bond donors (Lipinski definition) is 2. The predicted octanol–water partition coefficient (Wildman–Crippen LogP) is 4.68. The number of aromatic nitrogens is 1. The molecule has 0 aliphatic carbocycles. The minimum atomic E-state index is -0.295. The molecule has 3 rings (SSSR count). The van der Waals surface area contributed by atoms with Gasteiger partial charge in [0.05, 0.1) is 19.7 Å². The van der Waals surface area contributed by atoms with Gasteiger partial charge in [0, 0.05) is 27.7 Å². The molecule has 1 heterocycles. The number of ether oxygens (including phenoxy) is 2. The van der Waals surface area contributed by atoms with Gasteiger partial charge in [0.1, 0.15) is 5.82 Å². The van der Waals surface area contributed by atoms with Crippen LogP contribution in [0.1, 0.15) is 27.2 Å². The van der Waals surface area contributed by atoms with E-state index in [2.05, 4.69) is 26.2 Å². The summed E-state index contributed by atoms with van der Waals surface area (Å²) < 4.78 is 25.4. The quantitative estimate of drug-likeness (QED) is 0.575. The number of aromatic amines is 1. The lowest BCUT2D eigenvalue weighted by atomic mass is 10.0. The van der Waals surface area contributed by atoms with Crippen LogP contribution in [0.3, 0.4) is 0 Å². The number of halogens is 2. The van der Waals surface area contributed by atoms with Gasteiger partial charge in [-0.1, -0.05) is 15.9 Å². The van der Waals surface area contributed by atoms with Crippen LogP contribution in [0.4, 0.5) is 4.39 Å². The number of methoxy groups -OCH3 is 2. The highest BCUT2D eigenvalue weighted by Crippen LogP contribution is 2.32. The second-order valence-electron chi connectivity index (χ2n) is 6.52. The van der Waals surface area contributed by atoms with Gasteiger partial charge in [-0.2, -0.15) is 0 Å². The molecule has 1 amide bonds. The molecule has 0 radical (unpaired) electrons. The Labute approximate surface area is 171 Å². The van der Waals surface area contributed by atoms with Crippen LogP contribution in [0.5, 0.6) is 11.5 Å². The highest BCUT2D eigenvalue weighted by atomic mass is 79.9. The largest absolute Gasteiger partial charge is 0.493 e. The molecule has 0 saturated heterocycles. The Morgan fingerprint density at radius 1 is 1.18 bits per heavy atom. The highest BCUT2D eigenvalue weighted by molar-refractivity contribution is 9.10. The zero-order chi connectivity index (χ0) is 20.4. The monoisotopic (exact) mass is 448 g/mol. The number of aryl methyl sites for hydroxylation is 2. The average molecular weight is 449 g/mol. The highest BCUT2D eigenvalue weighted by Gasteiger charge is 2.17. The van der Waals surface area contributed by atoms with Crippen LogP contribution in [-0.2, 0) is 6.42 Å². The smallest absolute Gasteiger partial charge is 0.251 e. The van der Waals surface area contributed by atoms with Crippen molar-refractivity contribution in [3.8, 4) is 11.5 Å². The van der Waals surface area contributed by atoms with Crippen molar-refractivity contribution in [3.63, 3.8) is 0 Å². The zero-order valence-electron chi connectivity index (χ0n) is 16.2. The summed E-state index contributed by atoms with van der Waals surface area (Å²) in [5, 5.41) is 3.78. The van der Waals surface area contributed by atoms with E-state index < -0.39 is 0 Å². The van der Waals surface area contributed by atoms with E-state index in [4.69, 9.17) is 9.47 Å². The van der Waals surface area contributed by atoms with Crippen LogP contribution in [0.2, 0.25) is 0 Å². The van der Waals surface area contributed by atoms with Crippen LogP contribution in [0.15, 0.2) is 28.7 Å². The molecule has 0 saturated carbocycles. The van der Waals surface area contributed by atoms with Gasteiger partial charge in [-0.15, -0.1) is 0 Å². The topological polar surface area (TPSA) is 63.3 Å². The van der Waals surface area contributed by atoms with Gasteiger partial charge in [0.2, 0.25) is 0 Å². The van der Waals surface area contributed by atoms with Crippen LogP contribution in [0, 0.1) is 19.7 Å². The molecule has 0 unspecified atom stereocenters. The maximum Gasteiger partial charge on any atom is 0.251 e. The third-order valence-corrected chi connectivity index (χ3v) is 5.67. The van der Waals surface area contributed by atoms with E-state index >= 15 is 0 Å². The molecule has 148 valence electrons. The number of benzene rings is 2. The summed E-state index contributed by atoms with van der Waals surface area (Å²) in [6.45, 7) is 4.29. The zero-order valence-corrected chi connectivity index (χ0v) is 17.8. The van der Waals surface area contributed by atoms with E-state index in [9.17, 15) is 9.18 Å². The van der Waals surface area contributed by atoms with Crippen LogP contribution < -0.4 is 14.8 Å². The van der Waals surface area contributed by atoms with Crippen molar-refractivity contribution in [2.45, 2.75) is 20.3 Å². The SMILES string of the molecule is COc1ccc(C(=O)NCCc2c(C)[nH]c3c(F)cc(Br)c(C)c23)cc1OC. The second-order valence-corrected chi connectivity index (χ2v) is 7.37. The molecule has 7 heteroatoms. The van der Waals surface area contributed by atoms with Crippen molar-refractivity contribution in [2.75, 3.05) is 20.8 Å². The number of rotatable bonds is 6. The van der Waals surface area contributed by atoms with E-state index in [-0.39, 0.29) is 11.7 Å². The lowest BCUT2D eigenvalue weighted by molar-refractivity contribution is 0.0953. The Balaban J connectivity index is 1.77. The Morgan fingerprint density at radius 2 is 1.89 bits per heavy atom. The summed E-state index contributed by atoms with van der Waals surface area (Å²) in [6, 6.07) is 6.49. The molecule has 0 spiro atoms. The summed E-state index contributed by atoms with van der Waals surface area (Å²) in [5.41, 5.74) is 3.86. The first-order valence-electron chi connectivity index (χ1n) is 8.83. The summed E-state index contributed by atoms with van der Waals surface area (Å²) in [7, 11) is 3.07. The van der Waals surface area contributed by atoms with Gasteiger partial charge in [-0.3, -0.25) is 4.79 Å². The van der Waals surface area contributed by atoms with Crippen molar-refractivity contribution in [3.05, 3.63) is 56.9 Å². The molecule has 3 aromatic rings. The normalized spacial score (nSPS) is 10.9. The molecule has 0 aliphatic heterocycles. The first kappa shape index (κ1) is 20.2. The van der Waals surface area contributed by atoms with Crippen molar-refractivity contribution >= 4 is 32.7 Å². The van der Waals surface area contributed by atoms with Gasteiger partial charge >= 0.3 is 0 Å². The Hall–Kier alpha value is -2.54. The first-order valence-corrected chi connectivity index (χ1v) is 9.62. The van der Waals surface area contributed by atoms with Gasteiger partial charge < -0.3 is 19.8 Å². The summed E-state index contributed by atoms with van der Waals surface area (Å²) in [6.07, 6.45) is 0.585. The molecule has 0 aliphatic rings. The molecule has 2 aromatic carbocycles. The van der Waals surface area contributed by atoms with E-state index in [1.165, 1.54) is 13.2 Å². The minimum absolute atomic E-state index is 0.206. The number of carbonyl (C=O) groups excluding carboxylic acids is 1. The minimum Gasteiger partial charge on any atom is -0.493 e. The number of nitrogens with one attached hydrogen (secondary N) is 2. The molecular formula is C21H22BrFN2O3. The summed E-state index contributed by atoms with van der Waals surface area (Å²) in [4.78, 5) is 15.6. The first-order chi connectivity index (χ1) is 13.4. The van der Waals surface area contributed by atoms with Crippen LogP contribution >= 0.6 is 15.9 Å². The second kappa shape index (κ2) is 8.22. The average Bonchev–Trinajstić information content (AvgIpc) is 3.02. The molecule has 5 nitrogen and oxygen atoms in total. The molecule has 0 atom stereocenters. The van der Waals surface area contributed by atoms with Gasteiger partial charge in [0.25, 0.3) is 5.91 Å². The van der Waals surface area contributed by atoms with Gasteiger partial charge in [0.15, 0.2) is 11.5 Å². The van der Waals surface area contributed by atoms with Crippen molar-refractivity contribution in [2.24, 2.45) is 0 Å². The van der Waals surface area contributed by atoms with Gasteiger partial charge in [-0.25, -0.2) is 4.39 Å². The van der Waals surface area contributed by atoms with E-state index in [0.29, 0.717) is 35.5 Å². The molecule has 0 fully saturated rings. The Kier molecular flexibility index (Phi) is 5.93. The lowest BCUT2D eigenvalue weighted by Crippen LogP contribution is -2.25. The number of amides is 1. The van der Waals surface area contributed by atoms with Crippen LogP contribution in [-0.4, -0.2) is 31.7 Å². The number of hydrogen-bond acceptors (Lipinski definition) is 3. The Morgan fingerprint density at radius 3 is 2.57 bits per heavy atom. The summed E-state index contributed by atoms with van der Waals surface area (Å²) >= 11 is 3.41. The van der Waals surface area contributed by atoms with E-state index in [0.717, 1.165) is 26.7 Å². The van der Waals surface area contributed by atoms with E-state index in [1.54, 1.807) is 25.3 Å². The standard InChI is InChI=1S/C21H22BrFN2O3/c1-11-15(22)10-16(23)20-19(11)14(12(2)25-20)7-8-24-21(26)13-5-6-17(27-3)18(9-13)28-4/h5-6,9-10,25H,7-8H2,1-4H3,(H,24,26). The molecule has 1 aromatic heterocycles. The fourth-order valence-corrected chi connectivity index (χ4v) is 3.76. The fraction of sp³-hybridized carbons (Fsp3) is 0.286. The summed E-state index contributed by atoms with van der Waals surface area (Å²) in [5.74, 6) is 0.564. The van der Waals surface area contributed by atoms with Crippen molar-refractivity contribution in [1.82, 2.24) is 10.3 Å². The maximum absolute atomic E-state index is 14.3. The molecule has 2 N–H and O–H groups in total. The number of H-pyrrole nitrogens is 1. The Bertz CT molecular complexity index is 1050. The van der Waals surface area contributed by atoms with E-state index in [1.807, 2.05) is 13.8 Å². The van der Waals surface area contributed by atoms with Crippen molar-refractivity contribution < 1.29 is 18.7 Å². The van der Waals surface area contributed by atoms with Crippen molar-refractivity contribution in [1.29, 1.82) is 0 Å². The lowest BCUT2D eigenvalue weighted by Gasteiger charge is -2.10. The number of fused-ring (bicyclic) bond motifs is 1. The third-order valence-electron chi connectivity index (χ3n) is 4.85. The molecular weight excluding hydrogens is 427 g/mol. The number of carbonyl (C=O) groups is 1. The molecule has 0 bridgehead atoms. The predicted molar refractivity (Wildman–Crippen MR) is 111 cm³/mol. The van der Waals surface area contributed by atoms with Crippen LogP contribution in [0.25, 0.3) is 10.9 Å². The fourth-order valence-electron chi connectivity index (χ4n) is 3.36. The molecule has 28 heavy (non-hydrogen) atoms. The third kappa shape index (κ3) is 3.71. The maximum atomic E-state index is 14.3.